The molecule has 0 amide bonds. The average Bonchev–Trinajstić information content (AvgIpc) is 2.80. The van der Waals surface area contributed by atoms with E-state index in [1.54, 1.807) is 0 Å². The zero-order valence-corrected chi connectivity index (χ0v) is 18.4. The van der Waals surface area contributed by atoms with Gasteiger partial charge in [0.15, 0.2) is 0 Å². The van der Waals surface area contributed by atoms with Crippen LogP contribution in [-0.4, -0.2) is 66.8 Å². The molecule has 2 unspecified atom stereocenters. The predicted molar refractivity (Wildman–Crippen MR) is 102 cm³/mol. The Hall–Kier alpha value is -1.22. The van der Waals surface area contributed by atoms with Crippen LogP contribution < -0.4 is 0 Å². The summed E-state index contributed by atoms with van der Waals surface area (Å²) < 4.78 is 11.1. The number of hydrogen-bond donors (Lipinski definition) is 2. The average molecular weight is 401 g/mol. The van der Waals surface area contributed by atoms with E-state index in [4.69, 9.17) is 9.47 Å². The number of carbonyl (C=O) groups excluding carboxylic acids is 2. The molecule has 0 radical (unpaired) electrons. The zero-order chi connectivity index (χ0) is 21.7. The largest absolute Gasteiger partial charge is 0.460 e. The first-order valence-corrected chi connectivity index (χ1v) is 9.89. The standard InChI is InChI=1S/C20H36N2O6/c1-17(2)11-13(19(5,6)21(17)25)27-15(23)9-10-16(24)28-14-12-18(3,4)22(26)20(14,7)8/h13-14,25-26H,9-12H2,1-8H3. The lowest BCUT2D eigenvalue weighted by Crippen LogP contribution is -2.49. The van der Waals surface area contributed by atoms with Crippen molar-refractivity contribution in [3.8, 4) is 0 Å². The van der Waals surface area contributed by atoms with Gasteiger partial charge in [0, 0.05) is 23.9 Å². The fourth-order valence-corrected chi connectivity index (χ4v) is 4.42. The van der Waals surface area contributed by atoms with Crippen LogP contribution in [-0.2, 0) is 19.1 Å². The molecular weight excluding hydrogens is 364 g/mol. The summed E-state index contributed by atoms with van der Waals surface area (Å²) in [5.41, 5.74) is -2.40. The lowest BCUT2D eigenvalue weighted by atomic mass is 9.97. The van der Waals surface area contributed by atoms with E-state index in [2.05, 4.69) is 0 Å². The van der Waals surface area contributed by atoms with Gasteiger partial charge in [-0.3, -0.25) is 9.59 Å². The van der Waals surface area contributed by atoms with Crippen LogP contribution >= 0.6 is 0 Å². The Bertz CT molecular complexity index is 574. The zero-order valence-electron chi connectivity index (χ0n) is 18.4. The Kier molecular flexibility index (Phi) is 5.96. The molecule has 0 aliphatic carbocycles. The summed E-state index contributed by atoms with van der Waals surface area (Å²) in [5.74, 6) is -0.980. The first-order chi connectivity index (χ1) is 12.5. The van der Waals surface area contributed by atoms with E-state index in [-0.39, 0.29) is 12.8 Å². The maximum absolute atomic E-state index is 12.3. The second-order valence-corrected chi connectivity index (χ2v) is 10.4. The molecule has 0 aromatic rings. The van der Waals surface area contributed by atoms with Gasteiger partial charge in [0.2, 0.25) is 0 Å². The summed E-state index contributed by atoms with van der Waals surface area (Å²) in [7, 11) is 0. The number of rotatable bonds is 5. The quantitative estimate of drug-likeness (QED) is 0.680. The molecule has 2 heterocycles. The first kappa shape index (κ1) is 23.1. The number of carbonyl (C=O) groups is 2. The molecule has 2 aliphatic heterocycles. The molecule has 2 atom stereocenters. The smallest absolute Gasteiger partial charge is 0.306 e. The molecule has 8 nitrogen and oxygen atoms in total. The minimum atomic E-state index is -0.705. The van der Waals surface area contributed by atoms with Crippen molar-refractivity contribution in [2.75, 3.05) is 0 Å². The van der Waals surface area contributed by atoms with Crippen molar-refractivity contribution >= 4 is 11.9 Å². The van der Waals surface area contributed by atoms with E-state index < -0.39 is 46.3 Å². The molecule has 2 aliphatic rings. The maximum atomic E-state index is 12.3. The lowest BCUT2D eigenvalue weighted by Gasteiger charge is -2.35. The molecule has 2 rings (SSSR count). The van der Waals surface area contributed by atoms with Gasteiger partial charge in [-0.15, -0.1) is 0 Å². The third kappa shape index (κ3) is 4.20. The van der Waals surface area contributed by atoms with Crippen molar-refractivity contribution in [3.05, 3.63) is 0 Å². The second-order valence-electron chi connectivity index (χ2n) is 10.4. The Labute approximate surface area is 167 Å². The van der Waals surface area contributed by atoms with Gasteiger partial charge in [0.1, 0.15) is 12.2 Å². The van der Waals surface area contributed by atoms with Gasteiger partial charge in [0.25, 0.3) is 0 Å². The van der Waals surface area contributed by atoms with Gasteiger partial charge >= 0.3 is 11.9 Å². The van der Waals surface area contributed by atoms with Crippen molar-refractivity contribution in [2.45, 2.75) is 115 Å². The Balaban J connectivity index is 1.86. The molecule has 0 saturated carbocycles. The van der Waals surface area contributed by atoms with E-state index in [9.17, 15) is 20.0 Å². The van der Waals surface area contributed by atoms with Crippen molar-refractivity contribution in [1.29, 1.82) is 0 Å². The van der Waals surface area contributed by atoms with Gasteiger partial charge in [-0.2, -0.15) is 10.1 Å². The normalized spacial score (nSPS) is 30.9. The van der Waals surface area contributed by atoms with E-state index >= 15 is 0 Å². The highest BCUT2D eigenvalue weighted by Gasteiger charge is 2.54. The van der Waals surface area contributed by atoms with Crippen LogP contribution in [0.3, 0.4) is 0 Å². The summed E-state index contributed by atoms with van der Waals surface area (Å²) in [6, 6.07) is 0. The monoisotopic (exact) mass is 400 g/mol. The van der Waals surface area contributed by atoms with E-state index in [0.717, 1.165) is 0 Å². The summed E-state index contributed by atoms with van der Waals surface area (Å²) in [6.07, 6.45) is -0.0933. The number of nitrogens with zero attached hydrogens (tertiary/aromatic N) is 2. The summed E-state index contributed by atoms with van der Waals surface area (Å²) in [5, 5.41) is 23.1. The van der Waals surface area contributed by atoms with Crippen LogP contribution in [0.2, 0.25) is 0 Å². The lowest BCUT2D eigenvalue weighted by molar-refractivity contribution is -0.206. The number of esters is 2. The fourth-order valence-electron chi connectivity index (χ4n) is 4.42. The molecule has 8 heteroatoms. The number of hydroxylamine groups is 4. The summed E-state index contributed by atoms with van der Waals surface area (Å²) >= 11 is 0. The predicted octanol–water partition coefficient (Wildman–Crippen LogP) is 2.89. The molecule has 0 spiro atoms. The Morgan fingerprint density at radius 3 is 1.25 bits per heavy atom. The third-order valence-corrected chi connectivity index (χ3v) is 6.26. The Morgan fingerprint density at radius 1 is 0.750 bits per heavy atom. The Morgan fingerprint density at radius 2 is 1.04 bits per heavy atom. The van der Waals surface area contributed by atoms with E-state index in [1.807, 2.05) is 55.4 Å². The molecule has 2 saturated heterocycles. The number of ether oxygens (including phenoxy) is 2. The van der Waals surface area contributed by atoms with Crippen LogP contribution in [0, 0.1) is 0 Å². The molecule has 2 fully saturated rings. The van der Waals surface area contributed by atoms with E-state index in [1.165, 1.54) is 10.1 Å². The third-order valence-electron chi connectivity index (χ3n) is 6.26. The molecule has 162 valence electrons. The van der Waals surface area contributed by atoms with E-state index in [0.29, 0.717) is 12.8 Å². The van der Waals surface area contributed by atoms with Crippen LogP contribution in [0.1, 0.15) is 81.1 Å². The SMILES string of the molecule is CC1(C)CC(OC(=O)CCC(=O)OC2CC(C)(C)N(O)C2(C)C)C(C)(C)N1O. The first-order valence-electron chi connectivity index (χ1n) is 9.89. The van der Waals surface area contributed by atoms with Crippen LogP contribution in [0.4, 0.5) is 0 Å². The minimum Gasteiger partial charge on any atom is -0.460 e. The van der Waals surface area contributed by atoms with Crippen molar-refractivity contribution in [2.24, 2.45) is 0 Å². The fraction of sp³-hybridized carbons (Fsp3) is 0.900. The van der Waals surface area contributed by atoms with Gasteiger partial charge in [-0.05, 0) is 55.4 Å². The van der Waals surface area contributed by atoms with Gasteiger partial charge < -0.3 is 19.9 Å². The van der Waals surface area contributed by atoms with Crippen molar-refractivity contribution in [1.82, 2.24) is 10.1 Å². The summed E-state index contributed by atoms with van der Waals surface area (Å²) in [4.78, 5) is 24.5. The van der Waals surface area contributed by atoms with Crippen molar-refractivity contribution in [3.63, 3.8) is 0 Å². The van der Waals surface area contributed by atoms with Gasteiger partial charge in [-0.1, -0.05) is 0 Å². The van der Waals surface area contributed by atoms with Crippen LogP contribution in [0.25, 0.3) is 0 Å². The van der Waals surface area contributed by atoms with Crippen LogP contribution in [0.5, 0.6) is 0 Å². The summed E-state index contributed by atoms with van der Waals surface area (Å²) in [6.45, 7) is 14.8. The molecule has 2 N–H and O–H groups in total. The minimum absolute atomic E-state index is 0.0867. The molecular formula is C20H36N2O6. The second kappa shape index (κ2) is 7.23. The van der Waals surface area contributed by atoms with Crippen molar-refractivity contribution < 1.29 is 29.5 Å². The molecule has 28 heavy (non-hydrogen) atoms. The highest BCUT2D eigenvalue weighted by molar-refractivity contribution is 5.78. The topological polar surface area (TPSA) is 99.5 Å². The number of hydrogen-bond acceptors (Lipinski definition) is 8. The molecule has 0 aromatic heterocycles. The highest BCUT2D eigenvalue weighted by Crippen LogP contribution is 2.42. The highest BCUT2D eigenvalue weighted by atomic mass is 16.6. The van der Waals surface area contributed by atoms with Gasteiger partial charge in [-0.25, -0.2) is 0 Å². The maximum Gasteiger partial charge on any atom is 0.306 e. The molecule has 0 aromatic carbocycles. The molecule has 0 bridgehead atoms. The van der Waals surface area contributed by atoms with Crippen LogP contribution in [0.15, 0.2) is 0 Å². The van der Waals surface area contributed by atoms with Gasteiger partial charge in [0.05, 0.1) is 23.9 Å².